The van der Waals surface area contributed by atoms with Gasteiger partial charge in [0.25, 0.3) is 0 Å². The van der Waals surface area contributed by atoms with E-state index in [-0.39, 0.29) is 9.90 Å². The first-order valence-electron chi connectivity index (χ1n) is 2.45. The summed E-state index contributed by atoms with van der Waals surface area (Å²) >= 11 is -1.28. The van der Waals surface area contributed by atoms with Crippen LogP contribution in [0.5, 0.6) is 0 Å². The van der Waals surface area contributed by atoms with Crippen molar-refractivity contribution < 1.29 is 13.7 Å². The Balaban J connectivity index is 2.99. The van der Waals surface area contributed by atoms with E-state index in [2.05, 4.69) is 0 Å². The highest BCUT2D eigenvalue weighted by atomic mass is 32.2. The zero-order valence-corrected chi connectivity index (χ0v) is 6.72. The van der Waals surface area contributed by atoms with Crippen LogP contribution in [0.1, 0.15) is 0 Å². The standard InChI is InChI=1S/C4H3NO4S2/c6-5(7)4-1-3(2-10-4)11(8)9/h1-2H,(H,8,9). The maximum atomic E-state index is 10.3. The normalized spacial score (nSPS) is 12.8. The fourth-order valence-electron chi connectivity index (χ4n) is 0.495. The molecule has 1 N–H and O–H groups in total. The van der Waals surface area contributed by atoms with Gasteiger partial charge in [0, 0.05) is 11.4 Å². The van der Waals surface area contributed by atoms with Gasteiger partial charge in [-0.2, -0.15) is 0 Å². The zero-order chi connectivity index (χ0) is 8.43. The van der Waals surface area contributed by atoms with Gasteiger partial charge in [0.05, 0.1) is 9.82 Å². The Morgan fingerprint density at radius 3 is 2.64 bits per heavy atom. The van der Waals surface area contributed by atoms with E-state index in [1.807, 2.05) is 0 Å². The van der Waals surface area contributed by atoms with Gasteiger partial charge in [-0.25, -0.2) is 4.21 Å². The number of rotatable bonds is 2. The quantitative estimate of drug-likeness (QED) is 0.435. The van der Waals surface area contributed by atoms with Gasteiger partial charge in [-0.15, -0.1) is 0 Å². The van der Waals surface area contributed by atoms with Gasteiger partial charge in [0.1, 0.15) is 0 Å². The average Bonchev–Trinajstić information content (AvgIpc) is 2.33. The van der Waals surface area contributed by atoms with Crippen LogP contribution in [-0.2, 0) is 11.1 Å². The minimum absolute atomic E-state index is 0.0710. The van der Waals surface area contributed by atoms with E-state index in [9.17, 15) is 14.3 Å². The third-order valence-electron chi connectivity index (χ3n) is 0.943. The molecule has 7 heteroatoms. The Bertz CT molecular complexity index is 278. The van der Waals surface area contributed by atoms with Crippen LogP contribution in [0.2, 0.25) is 0 Å². The molecule has 0 fully saturated rings. The molecule has 0 spiro atoms. The van der Waals surface area contributed by atoms with Gasteiger partial charge < -0.3 is 4.55 Å². The second kappa shape index (κ2) is 3.07. The molecule has 1 rings (SSSR count). The third kappa shape index (κ3) is 1.82. The highest BCUT2D eigenvalue weighted by Crippen LogP contribution is 2.23. The third-order valence-corrected chi connectivity index (χ3v) is 2.61. The van der Waals surface area contributed by atoms with Gasteiger partial charge in [0.15, 0.2) is 11.1 Å². The van der Waals surface area contributed by atoms with E-state index in [0.29, 0.717) is 0 Å². The van der Waals surface area contributed by atoms with Crippen molar-refractivity contribution >= 4 is 27.4 Å². The van der Waals surface area contributed by atoms with Crippen LogP contribution in [0.4, 0.5) is 5.00 Å². The van der Waals surface area contributed by atoms with E-state index < -0.39 is 16.0 Å². The lowest BCUT2D eigenvalue weighted by molar-refractivity contribution is -0.380. The van der Waals surface area contributed by atoms with Crippen molar-refractivity contribution in [2.45, 2.75) is 4.90 Å². The highest BCUT2D eigenvalue weighted by Gasteiger charge is 2.11. The van der Waals surface area contributed by atoms with Crippen molar-refractivity contribution in [3.8, 4) is 0 Å². The molecule has 0 aliphatic rings. The van der Waals surface area contributed by atoms with E-state index in [1.54, 1.807) is 0 Å². The Labute approximate surface area is 68.1 Å². The zero-order valence-electron chi connectivity index (χ0n) is 5.09. The summed E-state index contributed by atoms with van der Waals surface area (Å²) in [7, 11) is 0. The van der Waals surface area contributed by atoms with Crippen LogP contribution in [0.25, 0.3) is 0 Å². The van der Waals surface area contributed by atoms with Gasteiger partial charge in [-0.05, 0) is 0 Å². The molecule has 0 bridgehead atoms. The van der Waals surface area contributed by atoms with Gasteiger partial charge in [0.2, 0.25) is 0 Å². The Kier molecular flexibility index (Phi) is 2.32. The summed E-state index contributed by atoms with van der Waals surface area (Å²) in [6.07, 6.45) is 0. The van der Waals surface area contributed by atoms with Gasteiger partial charge in [-0.3, -0.25) is 10.1 Å². The van der Waals surface area contributed by atoms with Gasteiger partial charge >= 0.3 is 5.00 Å². The molecule has 1 unspecified atom stereocenters. The minimum Gasteiger partial charge on any atom is -0.302 e. The summed E-state index contributed by atoms with van der Waals surface area (Å²) < 4.78 is 18.8. The smallest absolute Gasteiger partial charge is 0.302 e. The maximum absolute atomic E-state index is 10.3. The van der Waals surface area contributed by atoms with Crippen molar-refractivity contribution in [2.24, 2.45) is 0 Å². The Morgan fingerprint density at radius 1 is 1.73 bits per heavy atom. The van der Waals surface area contributed by atoms with Crippen LogP contribution < -0.4 is 0 Å². The minimum atomic E-state index is -2.12. The molecule has 60 valence electrons. The molecular formula is C4H3NO4S2. The molecule has 11 heavy (non-hydrogen) atoms. The molecule has 0 aliphatic carbocycles. The summed E-state index contributed by atoms with van der Waals surface area (Å²) in [6, 6.07) is 1.08. The predicted octanol–water partition coefficient (Wildman–Crippen LogP) is 1.24. The lowest BCUT2D eigenvalue weighted by Gasteiger charge is -1.81. The second-order valence-electron chi connectivity index (χ2n) is 1.63. The van der Waals surface area contributed by atoms with Gasteiger partial charge in [-0.1, -0.05) is 11.3 Å². The number of hydrogen-bond acceptors (Lipinski definition) is 4. The van der Waals surface area contributed by atoms with Crippen molar-refractivity contribution in [3.05, 3.63) is 21.6 Å². The van der Waals surface area contributed by atoms with Crippen molar-refractivity contribution in [1.82, 2.24) is 0 Å². The number of nitrogens with zero attached hydrogens (tertiary/aromatic N) is 1. The molecule has 1 aromatic heterocycles. The van der Waals surface area contributed by atoms with Crippen LogP contribution in [0, 0.1) is 10.1 Å². The molecule has 0 radical (unpaired) electrons. The lowest BCUT2D eigenvalue weighted by Crippen LogP contribution is -1.84. The largest absolute Gasteiger partial charge is 0.325 e. The summed E-state index contributed by atoms with van der Waals surface area (Å²) in [5, 5.41) is 11.2. The number of thiophene rings is 1. The molecule has 0 aliphatic heterocycles. The van der Waals surface area contributed by atoms with Crippen molar-refractivity contribution in [3.63, 3.8) is 0 Å². The van der Waals surface area contributed by atoms with E-state index in [0.717, 1.165) is 17.4 Å². The fraction of sp³-hybridized carbons (Fsp3) is 0. The number of hydrogen-bond donors (Lipinski definition) is 1. The first-order valence-corrected chi connectivity index (χ1v) is 4.43. The Morgan fingerprint density at radius 2 is 2.36 bits per heavy atom. The molecule has 1 aromatic rings. The first-order chi connectivity index (χ1) is 5.11. The van der Waals surface area contributed by atoms with Crippen LogP contribution in [0.15, 0.2) is 16.3 Å². The monoisotopic (exact) mass is 193 g/mol. The molecule has 0 saturated heterocycles. The molecule has 0 aromatic carbocycles. The molecular weight excluding hydrogens is 190 g/mol. The maximum Gasteiger partial charge on any atom is 0.325 e. The second-order valence-corrected chi connectivity index (χ2v) is 3.49. The molecule has 0 saturated carbocycles. The molecule has 1 atom stereocenters. The first kappa shape index (κ1) is 8.31. The lowest BCUT2D eigenvalue weighted by atomic mass is 10.6. The molecule has 5 nitrogen and oxygen atoms in total. The van der Waals surface area contributed by atoms with E-state index >= 15 is 0 Å². The Hall–Kier alpha value is -0.790. The topological polar surface area (TPSA) is 80.4 Å². The van der Waals surface area contributed by atoms with Crippen molar-refractivity contribution in [2.75, 3.05) is 0 Å². The summed E-state index contributed by atoms with van der Waals surface area (Å²) in [5.74, 6) is 0. The fourth-order valence-corrected chi connectivity index (χ4v) is 1.84. The van der Waals surface area contributed by atoms with E-state index in [4.69, 9.17) is 4.55 Å². The molecule has 1 heterocycles. The van der Waals surface area contributed by atoms with Crippen molar-refractivity contribution in [1.29, 1.82) is 0 Å². The summed E-state index contributed by atoms with van der Waals surface area (Å²) in [5.41, 5.74) is 0. The molecule has 0 amide bonds. The average molecular weight is 193 g/mol. The number of nitro groups is 1. The predicted molar refractivity (Wildman–Crippen MR) is 40.0 cm³/mol. The summed E-state index contributed by atoms with van der Waals surface area (Å²) in [4.78, 5) is 9.55. The SMILES string of the molecule is O=[N+]([O-])c1cc(S(=O)O)cs1. The van der Waals surface area contributed by atoms with E-state index in [1.165, 1.54) is 5.38 Å². The van der Waals surface area contributed by atoms with Crippen LogP contribution in [0.3, 0.4) is 0 Å². The van der Waals surface area contributed by atoms with Crippen LogP contribution >= 0.6 is 11.3 Å². The summed E-state index contributed by atoms with van der Waals surface area (Å²) in [6.45, 7) is 0. The van der Waals surface area contributed by atoms with Crippen LogP contribution in [-0.4, -0.2) is 13.7 Å². The highest BCUT2D eigenvalue weighted by molar-refractivity contribution is 7.79.